The average molecular weight is 354 g/mol. The molecule has 1 saturated heterocycles. The lowest BCUT2D eigenvalue weighted by molar-refractivity contribution is -0.139. The summed E-state index contributed by atoms with van der Waals surface area (Å²) in [7, 11) is 0. The summed E-state index contributed by atoms with van der Waals surface area (Å²) in [6.45, 7) is 4.10. The second-order valence-electron chi connectivity index (χ2n) is 6.67. The molecule has 26 heavy (non-hydrogen) atoms. The number of carbonyl (C=O) groups excluding carboxylic acids is 1. The Morgan fingerprint density at radius 1 is 1.15 bits per heavy atom. The fourth-order valence-electron chi connectivity index (χ4n) is 3.23. The van der Waals surface area contributed by atoms with Crippen molar-refractivity contribution in [3.05, 3.63) is 54.9 Å². The predicted molar refractivity (Wildman–Crippen MR) is 100 cm³/mol. The monoisotopic (exact) mass is 354 g/mol. The molecule has 0 spiro atoms. The molecule has 0 N–H and O–H groups in total. The van der Waals surface area contributed by atoms with Crippen molar-refractivity contribution in [2.75, 3.05) is 19.7 Å². The van der Waals surface area contributed by atoms with Gasteiger partial charge in [0.05, 0.1) is 12.8 Å². The SMILES string of the molecule is C[C@@H](Oc1ccccc1)C(=O)N1CCC(CCOc2cccnc2)CC1. The molecule has 5 nitrogen and oxygen atoms in total. The molecule has 138 valence electrons. The van der Waals surface area contributed by atoms with Crippen LogP contribution in [0.15, 0.2) is 54.9 Å². The maximum Gasteiger partial charge on any atom is 0.263 e. The minimum absolute atomic E-state index is 0.0684. The first-order valence-electron chi connectivity index (χ1n) is 9.25. The van der Waals surface area contributed by atoms with Gasteiger partial charge in [0.25, 0.3) is 5.91 Å². The summed E-state index contributed by atoms with van der Waals surface area (Å²) in [5.74, 6) is 2.21. The summed E-state index contributed by atoms with van der Waals surface area (Å²) in [4.78, 5) is 18.5. The number of nitrogens with zero attached hydrogens (tertiary/aromatic N) is 2. The van der Waals surface area contributed by atoms with Crippen molar-refractivity contribution in [1.82, 2.24) is 9.88 Å². The third kappa shape index (κ3) is 5.22. The van der Waals surface area contributed by atoms with E-state index < -0.39 is 6.10 Å². The van der Waals surface area contributed by atoms with E-state index in [1.165, 1.54) is 0 Å². The van der Waals surface area contributed by atoms with E-state index in [2.05, 4.69) is 4.98 Å². The van der Waals surface area contributed by atoms with E-state index in [1.807, 2.05) is 54.3 Å². The lowest BCUT2D eigenvalue weighted by atomic mass is 9.93. The van der Waals surface area contributed by atoms with Crippen molar-refractivity contribution < 1.29 is 14.3 Å². The van der Waals surface area contributed by atoms with Gasteiger partial charge >= 0.3 is 0 Å². The minimum Gasteiger partial charge on any atom is -0.492 e. The van der Waals surface area contributed by atoms with E-state index in [0.29, 0.717) is 12.5 Å². The van der Waals surface area contributed by atoms with Gasteiger partial charge in [-0.25, -0.2) is 0 Å². The number of pyridine rings is 1. The largest absolute Gasteiger partial charge is 0.492 e. The van der Waals surface area contributed by atoms with Crippen molar-refractivity contribution in [3.63, 3.8) is 0 Å². The summed E-state index contributed by atoms with van der Waals surface area (Å²) in [5.41, 5.74) is 0. The molecule has 1 atom stereocenters. The van der Waals surface area contributed by atoms with Crippen LogP contribution in [0.4, 0.5) is 0 Å². The van der Waals surface area contributed by atoms with E-state index in [9.17, 15) is 4.79 Å². The van der Waals surface area contributed by atoms with E-state index in [0.717, 1.165) is 43.9 Å². The maximum absolute atomic E-state index is 12.6. The average Bonchev–Trinajstić information content (AvgIpc) is 2.69. The lowest BCUT2D eigenvalue weighted by Crippen LogP contribution is -2.44. The Morgan fingerprint density at radius 2 is 1.88 bits per heavy atom. The zero-order chi connectivity index (χ0) is 18.2. The molecule has 3 rings (SSSR count). The van der Waals surface area contributed by atoms with Crippen LogP contribution in [-0.2, 0) is 4.79 Å². The molecule has 0 saturated carbocycles. The van der Waals surface area contributed by atoms with E-state index in [1.54, 1.807) is 12.4 Å². The molecule has 1 fully saturated rings. The van der Waals surface area contributed by atoms with Crippen LogP contribution < -0.4 is 9.47 Å². The first kappa shape index (κ1) is 18.2. The molecule has 2 heterocycles. The van der Waals surface area contributed by atoms with Gasteiger partial charge in [0.1, 0.15) is 11.5 Å². The summed E-state index contributed by atoms with van der Waals surface area (Å²) >= 11 is 0. The van der Waals surface area contributed by atoms with E-state index >= 15 is 0 Å². The van der Waals surface area contributed by atoms with Crippen LogP contribution in [0.1, 0.15) is 26.2 Å². The first-order chi connectivity index (χ1) is 12.7. The van der Waals surface area contributed by atoms with E-state index in [-0.39, 0.29) is 5.91 Å². The van der Waals surface area contributed by atoms with Gasteiger partial charge in [0.15, 0.2) is 6.10 Å². The van der Waals surface area contributed by atoms with Crippen LogP contribution in [0, 0.1) is 5.92 Å². The number of benzene rings is 1. The van der Waals surface area contributed by atoms with Crippen LogP contribution in [0.5, 0.6) is 11.5 Å². The molecule has 0 aliphatic carbocycles. The molecule has 0 unspecified atom stereocenters. The Balaban J connectivity index is 1.38. The van der Waals surface area contributed by atoms with Gasteiger partial charge in [-0.1, -0.05) is 18.2 Å². The second kappa shape index (κ2) is 9.22. The Bertz CT molecular complexity index is 670. The highest BCUT2D eigenvalue weighted by molar-refractivity contribution is 5.81. The van der Waals surface area contributed by atoms with Crippen molar-refractivity contribution in [2.24, 2.45) is 5.92 Å². The fourth-order valence-corrected chi connectivity index (χ4v) is 3.23. The number of hydrogen-bond acceptors (Lipinski definition) is 4. The van der Waals surface area contributed by atoms with Crippen molar-refractivity contribution in [3.8, 4) is 11.5 Å². The van der Waals surface area contributed by atoms with Crippen molar-refractivity contribution in [2.45, 2.75) is 32.3 Å². The standard InChI is InChI=1S/C21H26N2O3/c1-17(26-19-6-3-2-4-7-19)21(24)23-13-9-18(10-14-23)11-15-25-20-8-5-12-22-16-20/h2-8,12,16-18H,9-11,13-15H2,1H3/t17-/m1/s1. The number of para-hydroxylation sites is 1. The Kier molecular flexibility index (Phi) is 6.47. The van der Waals surface area contributed by atoms with Crippen molar-refractivity contribution in [1.29, 1.82) is 0 Å². The Morgan fingerprint density at radius 3 is 2.58 bits per heavy atom. The third-order valence-corrected chi connectivity index (χ3v) is 4.76. The van der Waals surface area contributed by atoms with Crippen LogP contribution in [-0.4, -0.2) is 41.6 Å². The maximum atomic E-state index is 12.6. The molecule has 1 aliphatic rings. The normalized spacial score (nSPS) is 16.1. The van der Waals surface area contributed by atoms with Crippen LogP contribution in [0.25, 0.3) is 0 Å². The van der Waals surface area contributed by atoms with E-state index in [4.69, 9.17) is 9.47 Å². The smallest absolute Gasteiger partial charge is 0.263 e. The molecular weight excluding hydrogens is 328 g/mol. The van der Waals surface area contributed by atoms with Crippen LogP contribution >= 0.6 is 0 Å². The third-order valence-electron chi connectivity index (χ3n) is 4.76. The Hall–Kier alpha value is -2.56. The summed E-state index contributed by atoms with van der Waals surface area (Å²) in [5, 5.41) is 0. The lowest BCUT2D eigenvalue weighted by Gasteiger charge is -2.33. The number of ether oxygens (including phenoxy) is 2. The molecule has 5 heteroatoms. The quantitative estimate of drug-likeness (QED) is 0.763. The van der Waals surface area contributed by atoms with Crippen LogP contribution in [0.2, 0.25) is 0 Å². The number of rotatable bonds is 7. The molecule has 1 amide bonds. The molecule has 1 aliphatic heterocycles. The van der Waals surface area contributed by atoms with Crippen LogP contribution in [0.3, 0.4) is 0 Å². The summed E-state index contributed by atoms with van der Waals surface area (Å²) in [6, 6.07) is 13.3. The number of aromatic nitrogens is 1. The van der Waals surface area contributed by atoms with Gasteiger partial charge in [-0.2, -0.15) is 0 Å². The number of carbonyl (C=O) groups is 1. The summed E-state index contributed by atoms with van der Waals surface area (Å²) in [6.07, 6.45) is 6.05. The van der Waals surface area contributed by atoms with Gasteiger partial charge in [-0.05, 0) is 56.4 Å². The highest BCUT2D eigenvalue weighted by Crippen LogP contribution is 2.22. The molecule has 0 radical (unpaired) electrons. The summed E-state index contributed by atoms with van der Waals surface area (Å²) < 4.78 is 11.5. The van der Waals surface area contributed by atoms with Gasteiger partial charge < -0.3 is 14.4 Å². The topological polar surface area (TPSA) is 51.7 Å². The second-order valence-corrected chi connectivity index (χ2v) is 6.67. The highest BCUT2D eigenvalue weighted by atomic mass is 16.5. The zero-order valence-electron chi connectivity index (χ0n) is 15.2. The molecule has 1 aromatic carbocycles. The van der Waals surface area contributed by atoms with Gasteiger partial charge in [-0.3, -0.25) is 9.78 Å². The first-order valence-corrected chi connectivity index (χ1v) is 9.25. The number of hydrogen-bond donors (Lipinski definition) is 0. The minimum atomic E-state index is -0.456. The number of piperidine rings is 1. The zero-order valence-corrected chi connectivity index (χ0v) is 15.2. The van der Waals surface area contributed by atoms with Crippen molar-refractivity contribution >= 4 is 5.91 Å². The predicted octanol–water partition coefficient (Wildman–Crippen LogP) is 3.56. The van der Waals surface area contributed by atoms with Gasteiger partial charge in [0.2, 0.25) is 0 Å². The molecular formula is C21H26N2O3. The number of amides is 1. The fraction of sp³-hybridized carbons (Fsp3) is 0.429. The number of likely N-dealkylation sites (tertiary alicyclic amines) is 1. The van der Waals surface area contributed by atoms with Gasteiger partial charge in [-0.15, -0.1) is 0 Å². The molecule has 1 aromatic heterocycles. The Labute approximate surface area is 155 Å². The highest BCUT2D eigenvalue weighted by Gasteiger charge is 2.26. The van der Waals surface area contributed by atoms with Gasteiger partial charge in [0, 0.05) is 19.3 Å². The molecule has 2 aromatic rings. The molecule has 0 bridgehead atoms.